The largest absolute Gasteiger partial charge is 0.456 e. The van der Waals surface area contributed by atoms with Crippen LogP contribution in [0.4, 0.5) is 0 Å². The number of hydrogen-bond donors (Lipinski definition) is 3. The summed E-state index contributed by atoms with van der Waals surface area (Å²) in [7, 11) is 1.28. The minimum absolute atomic E-state index is 0.0429. The fourth-order valence-electron chi connectivity index (χ4n) is 10.4. The van der Waals surface area contributed by atoms with Gasteiger partial charge in [-0.15, -0.1) is 0 Å². The van der Waals surface area contributed by atoms with Gasteiger partial charge in [-0.2, -0.15) is 0 Å². The van der Waals surface area contributed by atoms with Gasteiger partial charge in [0.1, 0.15) is 23.9 Å². The number of esters is 4. The number of hydrogen-bond acceptors (Lipinski definition) is 14. The molecule has 1 aliphatic heterocycles. The molecule has 0 unspecified atom stereocenters. The normalized spacial score (nSPS) is 31.5. The summed E-state index contributed by atoms with van der Waals surface area (Å²) in [5.74, 6) is -6.38. The third kappa shape index (κ3) is 7.64. The number of amides is 1. The molecule has 2 saturated carbocycles. The van der Waals surface area contributed by atoms with Crippen LogP contribution in [0.25, 0.3) is 0 Å². The van der Waals surface area contributed by atoms with Crippen LogP contribution in [0.2, 0.25) is 0 Å². The van der Waals surface area contributed by atoms with E-state index < -0.39 is 113 Å². The second-order valence-corrected chi connectivity index (χ2v) is 17.6. The Morgan fingerprint density at radius 3 is 1.95 bits per heavy atom. The summed E-state index contributed by atoms with van der Waals surface area (Å²) in [6.45, 7) is 8.16. The molecule has 1 amide bonds. The molecule has 15 nitrogen and oxygen atoms in total. The molecule has 3 N–H and O–H groups in total. The molecule has 63 heavy (non-hydrogen) atoms. The Morgan fingerprint density at radius 1 is 0.825 bits per heavy atom. The Balaban J connectivity index is 1.40. The predicted octanol–water partition coefficient (Wildman–Crippen LogP) is 4.39. The van der Waals surface area contributed by atoms with Crippen LogP contribution in [0.3, 0.4) is 0 Å². The lowest BCUT2D eigenvalue weighted by Gasteiger charge is -2.67. The number of carbonyl (C=O) groups excluding carboxylic acids is 6. The van der Waals surface area contributed by atoms with Crippen molar-refractivity contribution in [1.29, 1.82) is 0 Å². The van der Waals surface area contributed by atoms with Crippen LogP contribution in [0, 0.1) is 16.7 Å². The molecule has 1 heterocycles. The number of aliphatic hydroxyl groups excluding tert-OH is 1. The third-order valence-electron chi connectivity index (χ3n) is 13.7. The molecule has 3 aromatic carbocycles. The smallest absolute Gasteiger partial charge is 0.338 e. The van der Waals surface area contributed by atoms with Crippen molar-refractivity contribution in [1.82, 2.24) is 5.32 Å². The van der Waals surface area contributed by atoms with Gasteiger partial charge in [-0.25, -0.2) is 9.59 Å². The summed E-state index contributed by atoms with van der Waals surface area (Å²) >= 11 is 0. The van der Waals surface area contributed by atoms with Crippen LogP contribution < -0.4 is 5.32 Å². The number of carbonyl (C=O) groups is 6. The zero-order valence-electron chi connectivity index (χ0n) is 36.2. The highest BCUT2D eigenvalue weighted by Crippen LogP contribution is 2.64. The van der Waals surface area contributed by atoms with Gasteiger partial charge < -0.3 is 44.0 Å². The number of benzene rings is 3. The molecule has 7 rings (SSSR count). The summed E-state index contributed by atoms with van der Waals surface area (Å²) in [6.07, 6.45) is -9.71. The molecule has 0 aromatic heterocycles. The van der Waals surface area contributed by atoms with Crippen molar-refractivity contribution in [2.75, 3.05) is 13.7 Å². The summed E-state index contributed by atoms with van der Waals surface area (Å²) < 4.78 is 36.4. The van der Waals surface area contributed by atoms with E-state index in [1.807, 2.05) is 0 Å². The van der Waals surface area contributed by atoms with Crippen molar-refractivity contribution in [2.45, 2.75) is 108 Å². The van der Waals surface area contributed by atoms with Gasteiger partial charge in [-0.1, -0.05) is 80.6 Å². The van der Waals surface area contributed by atoms with E-state index >= 15 is 4.79 Å². The number of ether oxygens (including phenoxy) is 6. The summed E-state index contributed by atoms with van der Waals surface area (Å²) in [4.78, 5) is 84.2. The molecule has 2 bridgehead atoms. The van der Waals surface area contributed by atoms with Crippen LogP contribution in [-0.2, 0) is 47.6 Å². The first-order valence-corrected chi connectivity index (χ1v) is 20.9. The third-order valence-corrected chi connectivity index (χ3v) is 13.7. The van der Waals surface area contributed by atoms with E-state index in [1.165, 1.54) is 33.1 Å². The molecule has 1 saturated heterocycles. The van der Waals surface area contributed by atoms with Gasteiger partial charge in [0, 0.05) is 44.8 Å². The molecule has 334 valence electrons. The van der Waals surface area contributed by atoms with E-state index in [0.717, 1.165) is 6.92 Å². The topological polar surface area (TPSA) is 210 Å². The molecule has 0 spiro atoms. The molecule has 3 aromatic rings. The molecular weight excluding hydrogens is 815 g/mol. The Labute approximate surface area is 365 Å². The lowest BCUT2D eigenvalue weighted by atomic mass is 9.44. The lowest BCUT2D eigenvalue weighted by Crippen LogP contribution is -2.82. The zero-order valence-corrected chi connectivity index (χ0v) is 36.2. The number of methoxy groups -OCH3 is 1. The van der Waals surface area contributed by atoms with Gasteiger partial charge in [0.25, 0.3) is 5.91 Å². The van der Waals surface area contributed by atoms with Crippen LogP contribution in [0.5, 0.6) is 0 Å². The van der Waals surface area contributed by atoms with Crippen molar-refractivity contribution in [3.63, 3.8) is 0 Å². The Hall–Kier alpha value is -5.74. The average molecular weight is 868 g/mol. The number of nitrogens with one attached hydrogen (secondary N) is 1. The number of fused-ring (bicyclic) bond motifs is 5. The summed E-state index contributed by atoms with van der Waals surface area (Å²) in [6, 6.07) is 23.9. The van der Waals surface area contributed by atoms with Gasteiger partial charge in [-0.3, -0.25) is 19.2 Å². The minimum Gasteiger partial charge on any atom is -0.456 e. The maximum Gasteiger partial charge on any atom is 0.338 e. The van der Waals surface area contributed by atoms with E-state index in [4.69, 9.17) is 28.4 Å². The molecular formula is C48H53NO14. The SMILES string of the molecule is CO[C@H](C(=O)O[C@H]1C[C@@]2(O)[C@H](OC(=O)c3ccccc3)[C@H]3[C@@]4(OC(C)=O)CO[C@@H]4C[C@H](O)[C@@]3(C)C(=O)[C@H](OC(C)=O)C(=C1C)C2(C)C)[C@H](NC(=O)c1ccccc1)c1ccccc1. The fourth-order valence-corrected chi connectivity index (χ4v) is 10.4. The van der Waals surface area contributed by atoms with Crippen LogP contribution in [0.1, 0.15) is 86.7 Å². The predicted molar refractivity (Wildman–Crippen MR) is 222 cm³/mol. The Kier molecular flexibility index (Phi) is 12.3. The molecule has 4 aliphatic rings. The molecule has 11 atom stereocenters. The quantitative estimate of drug-likeness (QED) is 0.139. The van der Waals surface area contributed by atoms with Crippen molar-refractivity contribution in [3.8, 4) is 0 Å². The summed E-state index contributed by atoms with van der Waals surface area (Å²) in [5, 5.41) is 28.8. The van der Waals surface area contributed by atoms with Crippen molar-refractivity contribution in [2.24, 2.45) is 16.7 Å². The van der Waals surface area contributed by atoms with E-state index in [-0.39, 0.29) is 29.7 Å². The second-order valence-electron chi connectivity index (χ2n) is 17.6. The van der Waals surface area contributed by atoms with E-state index in [0.29, 0.717) is 11.1 Å². The summed E-state index contributed by atoms with van der Waals surface area (Å²) in [5.41, 5.74) is -6.58. The number of aliphatic hydroxyl groups is 2. The Morgan fingerprint density at radius 2 is 1.41 bits per heavy atom. The second kappa shape index (κ2) is 17.1. The van der Waals surface area contributed by atoms with Gasteiger partial charge in [0.05, 0.1) is 35.6 Å². The van der Waals surface area contributed by atoms with Crippen molar-refractivity contribution < 1.29 is 67.4 Å². The van der Waals surface area contributed by atoms with Gasteiger partial charge >= 0.3 is 23.9 Å². The van der Waals surface area contributed by atoms with E-state index in [2.05, 4.69) is 5.32 Å². The minimum atomic E-state index is -2.35. The van der Waals surface area contributed by atoms with Crippen LogP contribution in [-0.4, -0.2) is 107 Å². The molecule has 0 radical (unpaired) electrons. The zero-order chi connectivity index (χ0) is 45.6. The standard InChI is InChI=1S/C48H53NO14/c1-26-32(61-44(56)38(58-7)36(29-17-11-8-12-18-29)49-42(54)30-19-13-9-14-20-30)24-48(57)41(62-43(55)31-21-15-10-16-22-31)39-46(6,33(52)23-34-47(39,25-59-34)63-28(3)51)40(53)37(60-27(2)50)35(26)45(48,4)5/h8-22,32-34,36-39,41,52,57H,23-25H2,1-7H3,(H,49,54)/t32-,33-,34+,36+,37+,38-,39+,41+,46+,47+,48+/m0/s1. The fraction of sp³-hybridized carbons (Fsp3) is 0.458. The highest BCUT2D eigenvalue weighted by Gasteiger charge is 2.78. The average Bonchev–Trinajstić information content (AvgIpc) is 3.25. The van der Waals surface area contributed by atoms with E-state index in [1.54, 1.807) is 99.6 Å². The van der Waals surface area contributed by atoms with Gasteiger partial charge in [0.2, 0.25) is 0 Å². The Bertz CT molecular complexity index is 2300. The van der Waals surface area contributed by atoms with E-state index in [9.17, 15) is 34.2 Å². The first-order valence-electron chi connectivity index (χ1n) is 20.9. The lowest BCUT2D eigenvalue weighted by molar-refractivity contribution is -0.346. The molecule has 15 heteroatoms. The molecule has 3 fully saturated rings. The van der Waals surface area contributed by atoms with Gasteiger partial charge in [0.15, 0.2) is 23.6 Å². The van der Waals surface area contributed by atoms with Crippen molar-refractivity contribution in [3.05, 3.63) is 119 Å². The van der Waals surface area contributed by atoms with Gasteiger partial charge in [-0.05, 0) is 54.8 Å². The maximum absolute atomic E-state index is 15.6. The number of ketones is 1. The highest BCUT2D eigenvalue weighted by atomic mass is 16.6. The van der Waals surface area contributed by atoms with Crippen molar-refractivity contribution >= 4 is 35.6 Å². The van der Waals surface area contributed by atoms with Crippen LogP contribution in [0.15, 0.2) is 102 Å². The number of rotatable bonds is 11. The molecule has 3 aliphatic carbocycles. The maximum atomic E-state index is 15.6. The van der Waals surface area contributed by atoms with Crippen LogP contribution >= 0.6 is 0 Å². The number of Topliss-reactive ketones (excluding diaryl/α,β-unsaturated/α-hetero) is 1. The highest BCUT2D eigenvalue weighted by molar-refractivity contribution is 5.96. The first-order chi connectivity index (χ1) is 29.8. The first kappa shape index (κ1) is 45.3. The monoisotopic (exact) mass is 867 g/mol.